The first-order valence-electron chi connectivity index (χ1n) is 8.33. The molecule has 0 heterocycles. The summed E-state index contributed by atoms with van der Waals surface area (Å²) in [6.07, 6.45) is -7.13. The smallest absolute Gasteiger partial charge is 0.281 e. The molecule has 14 heteroatoms. The second-order valence-electron chi connectivity index (χ2n) is 6.76. The fourth-order valence-corrected chi connectivity index (χ4v) is 2.73. The van der Waals surface area contributed by atoms with Crippen LogP contribution in [-0.2, 0) is 10.1 Å². The lowest BCUT2D eigenvalue weighted by atomic mass is 10.1. The van der Waals surface area contributed by atoms with Gasteiger partial charge in [-0.05, 0) is 24.3 Å². The van der Waals surface area contributed by atoms with Crippen LogP contribution in [0, 0.1) is 0 Å². The Bertz CT molecular complexity index is 952. The van der Waals surface area contributed by atoms with Crippen LogP contribution < -0.4 is 4.48 Å². The lowest BCUT2D eigenvalue weighted by Gasteiger charge is -2.31. The standard InChI is InChI=1S/C14H16N.C4HF9O3S/c1-15(2,13-9-5-3-6-10-13)14-11-7-4-8-12-14;5-1(6,3(9,10)11)2(7,8)4(12,13)17(14,15)16/h3-12H,1-2H3;(H,14,15,16)/q+1;. The third kappa shape index (κ3) is 5.18. The van der Waals surface area contributed by atoms with E-state index in [1.165, 1.54) is 11.4 Å². The molecular formula is C18H17F9NO3S+. The van der Waals surface area contributed by atoms with Crippen LogP contribution in [0.2, 0.25) is 0 Å². The summed E-state index contributed by atoms with van der Waals surface area (Å²) < 4.78 is 135. The van der Waals surface area contributed by atoms with Crippen molar-refractivity contribution in [1.82, 2.24) is 4.48 Å². The van der Waals surface area contributed by atoms with Gasteiger partial charge in [-0.1, -0.05) is 36.4 Å². The van der Waals surface area contributed by atoms with Crippen molar-refractivity contribution >= 4 is 21.5 Å². The molecule has 2 aromatic rings. The lowest BCUT2D eigenvalue weighted by molar-refractivity contribution is -0.382. The normalized spacial score (nSPS) is 13.9. The Kier molecular flexibility index (Phi) is 7.71. The Morgan fingerprint density at radius 3 is 1.22 bits per heavy atom. The van der Waals surface area contributed by atoms with Crippen molar-refractivity contribution in [2.75, 3.05) is 14.1 Å². The highest BCUT2D eigenvalue weighted by Gasteiger charge is 2.85. The molecule has 0 aliphatic rings. The van der Waals surface area contributed by atoms with Gasteiger partial charge in [0.15, 0.2) is 0 Å². The summed E-state index contributed by atoms with van der Waals surface area (Å²) >= 11 is 0. The molecule has 0 unspecified atom stereocenters. The van der Waals surface area contributed by atoms with E-state index in [1.807, 2.05) is 0 Å². The highest BCUT2D eigenvalue weighted by molar-refractivity contribution is 7.87. The SMILES string of the molecule is C[N+](C)(c1ccccc1)c1ccccc1.O=S(=O)(O)C(F)(F)C(F)(F)C(F)(F)C(F)(F)F. The average Bonchev–Trinajstić information content (AvgIpc) is 2.68. The molecule has 0 saturated heterocycles. The van der Waals surface area contributed by atoms with Gasteiger partial charge in [-0.25, -0.2) is 0 Å². The van der Waals surface area contributed by atoms with E-state index in [9.17, 15) is 47.9 Å². The Labute approximate surface area is 177 Å². The third-order valence-corrected chi connectivity index (χ3v) is 5.15. The number of hydrogen-bond donors (Lipinski definition) is 1. The molecule has 180 valence electrons. The molecule has 2 rings (SSSR count). The van der Waals surface area contributed by atoms with Gasteiger partial charge in [-0.2, -0.15) is 47.9 Å². The summed E-state index contributed by atoms with van der Waals surface area (Å²) in [6.45, 7) is 0. The number of nitrogens with zero attached hydrogens (tertiary/aromatic N) is 1. The Morgan fingerprint density at radius 2 is 0.969 bits per heavy atom. The average molecular weight is 498 g/mol. The van der Waals surface area contributed by atoms with Gasteiger partial charge in [0.05, 0.1) is 14.1 Å². The summed E-state index contributed by atoms with van der Waals surface area (Å²) in [7, 11) is -2.77. The Morgan fingerprint density at radius 1 is 0.656 bits per heavy atom. The molecule has 1 N–H and O–H groups in total. The Hall–Kier alpha value is -2.32. The van der Waals surface area contributed by atoms with Gasteiger partial charge in [0.2, 0.25) is 0 Å². The van der Waals surface area contributed by atoms with E-state index in [1.54, 1.807) is 0 Å². The first-order valence-corrected chi connectivity index (χ1v) is 9.77. The number of benzene rings is 2. The van der Waals surface area contributed by atoms with Gasteiger partial charge in [-0.15, -0.1) is 0 Å². The van der Waals surface area contributed by atoms with Gasteiger partial charge >= 0.3 is 33.4 Å². The van der Waals surface area contributed by atoms with Crippen LogP contribution >= 0.6 is 0 Å². The Balaban J connectivity index is 0.000000321. The second kappa shape index (κ2) is 8.90. The zero-order chi connectivity index (χ0) is 25.2. The molecule has 0 bridgehead atoms. The molecule has 0 radical (unpaired) electrons. The number of quaternary nitrogens is 1. The van der Waals surface area contributed by atoms with E-state index in [0.717, 1.165) is 4.48 Å². The zero-order valence-electron chi connectivity index (χ0n) is 16.3. The molecule has 2 aromatic carbocycles. The third-order valence-electron chi connectivity index (χ3n) is 4.24. The van der Waals surface area contributed by atoms with Gasteiger partial charge in [-0.3, -0.25) is 9.04 Å². The van der Waals surface area contributed by atoms with Crippen LogP contribution in [0.5, 0.6) is 0 Å². The van der Waals surface area contributed by atoms with E-state index in [0.29, 0.717) is 0 Å². The van der Waals surface area contributed by atoms with Crippen molar-refractivity contribution in [3.8, 4) is 0 Å². The predicted molar refractivity (Wildman–Crippen MR) is 98.6 cm³/mol. The molecule has 0 aliphatic carbocycles. The first kappa shape index (κ1) is 27.7. The van der Waals surface area contributed by atoms with E-state index >= 15 is 0 Å². The van der Waals surface area contributed by atoms with E-state index in [-0.39, 0.29) is 0 Å². The van der Waals surface area contributed by atoms with E-state index in [2.05, 4.69) is 74.8 Å². The van der Waals surface area contributed by atoms with Crippen LogP contribution in [0.1, 0.15) is 0 Å². The molecular weight excluding hydrogens is 481 g/mol. The van der Waals surface area contributed by atoms with Crippen LogP contribution in [0.4, 0.5) is 50.9 Å². The van der Waals surface area contributed by atoms with E-state index in [4.69, 9.17) is 4.55 Å². The van der Waals surface area contributed by atoms with Gasteiger partial charge in [0, 0.05) is 0 Å². The topological polar surface area (TPSA) is 54.4 Å². The molecule has 0 atom stereocenters. The van der Waals surface area contributed by atoms with Crippen LogP contribution in [0.25, 0.3) is 0 Å². The summed E-state index contributed by atoms with van der Waals surface area (Å²) in [6, 6.07) is 21.1. The second-order valence-corrected chi connectivity index (χ2v) is 8.23. The highest BCUT2D eigenvalue weighted by Crippen LogP contribution is 2.54. The predicted octanol–water partition coefficient (Wildman–Crippen LogP) is 5.89. The number of para-hydroxylation sites is 2. The van der Waals surface area contributed by atoms with Gasteiger partial charge in [0.1, 0.15) is 11.4 Å². The fourth-order valence-electron chi connectivity index (χ4n) is 2.27. The van der Waals surface area contributed by atoms with E-state index < -0.39 is 33.4 Å². The minimum atomic E-state index is -7.37. The minimum absolute atomic E-state index is 0.779. The number of alkyl halides is 9. The fraction of sp³-hybridized carbons (Fsp3) is 0.333. The molecule has 0 saturated carbocycles. The zero-order valence-corrected chi connectivity index (χ0v) is 17.1. The van der Waals surface area contributed by atoms with Crippen molar-refractivity contribution in [3.63, 3.8) is 0 Å². The minimum Gasteiger partial charge on any atom is -0.281 e. The lowest BCUT2D eigenvalue weighted by Crippen LogP contribution is -2.63. The monoisotopic (exact) mass is 498 g/mol. The van der Waals surface area contributed by atoms with Crippen LogP contribution in [-0.4, -0.2) is 50.3 Å². The number of rotatable bonds is 5. The molecule has 0 amide bonds. The van der Waals surface area contributed by atoms with Crippen molar-refractivity contribution in [2.45, 2.75) is 23.3 Å². The summed E-state index contributed by atoms with van der Waals surface area (Å²) in [5, 5.41) is -7.00. The molecule has 0 spiro atoms. The quantitative estimate of drug-likeness (QED) is 0.318. The van der Waals surface area contributed by atoms with Gasteiger partial charge in [0.25, 0.3) is 0 Å². The number of halogens is 9. The summed E-state index contributed by atoms with van der Waals surface area (Å²) in [4.78, 5) is 0. The summed E-state index contributed by atoms with van der Waals surface area (Å²) in [5.41, 5.74) is 2.59. The maximum atomic E-state index is 12.2. The van der Waals surface area contributed by atoms with Crippen LogP contribution in [0.3, 0.4) is 0 Å². The molecule has 32 heavy (non-hydrogen) atoms. The molecule has 0 aliphatic heterocycles. The first-order chi connectivity index (χ1) is 14.2. The maximum absolute atomic E-state index is 12.2. The van der Waals surface area contributed by atoms with Crippen molar-refractivity contribution in [3.05, 3.63) is 60.7 Å². The van der Waals surface area contributed by atoms with Gasteiger partial charge < -0.3 is 0 Å². The van der Waals surface area contributed by atoms with Crippen molar-refractivity contribution in [1.29, 1.82) is 0 Å². The molecule has 4 nitrogen and oxygen atoms in total. The summed E-state index contributed by atoms with van der Waals surface area (Å²) in [5.74, 6) is -14.7. The maximum Gasteiger partial charge on any atom is 0.460 e. The largest absolute Gasteiger partial charge is 0.460 e. The molecule has 0 fully saturated rings. The molecule has 0 aromatic heterocycles. The van der Waals surface area contributed by atoms with Crippen LogP contribution in [0.15, 0.2) is 60.7 Å². The highest BCUT2D eigenvalue weighted by atomic mass is 32.2. The van der Waals surface area contributed by atoms with Crippen molar-refractivity contribution < 1.29 is 52.5 Å². The number of hydrogen-bond acceptors (Lipinski definition) is 2. The van der Waals surface area contributed by atoms with Crippen molar-refractivity contribution in [2.24, 2.45) is 0 Å².